The summed E-state index contributed by atoms with van der Waals surface area (Å²) in [5.41, 5.74) is 2.94. The van der Waals surface area contributed by atoms with E-state index in [1.165, 1.54) is 19.2 Å². The van der Waals surface area contributed by atoms with Crippen LogP contribution in [0.3, 0.4) is 0 Å². The lowest BCUT2D eigenvalue weighted by molar-refractivity contribution is 0.534. The van der Waals surface area contributed by atoms with Gasteiger partial charge in [-0.1, -0.05) is 13.8 Å². The van der Waals surface area contributed by atoms with Crippen molar-refractivity contribution in [1.82, 2.24) is 9.97 Å². The van der Waals surface area contributed by atoms with Crippen molar-refractivity contribution in [3.8, 4) is 11.3 Å². The first-order valence-electron chi connectivity index (χ1n) is 6.78. The summed E-state index contributed by atoms with van der Waals surface area (Å²) < 4.78 is 36.4. The number of benzene rings is 1. The van der Waals surface area contributed by atoms with Gasteiger partial charge in [0.25, 0.3) is 0 Å². The smallest absolute Gasteiger partial charge is 0.237 e. The molecule has 22 heavy (non-hydrogen) atoms. The van der Waals surface area contributed by atoms with Crippen LogP contribution in [0.2, 0.25) is 0 Å². The molecule has 0 amide bonds. The third kappa shape index (κ3) is 3.31. The van der Waals surface area contributed by atoms with E-state index in [1.807, 2.05) is 20.8 Å². The minimum absolute atomic E-state index is 0.0990. The zero-order chi connectivity index (χ0) is 16.4. The Kier molecular flexibility index (Phi) is 4.87. The summed E-state index contributed by atoms with van der Waals surface area (Å²) in [6.07, 6.45) is 0. The molecule has 0 fully saturated rings. The van der Waals surface area contributed by atoms with E-state index in [0.29, 0.717) is 5.69 Å². The van der Waals surface area contributed by atoms with Gasteiger partial charge in [0.2, 0.25) is 5.95 Å². The van der Waals surface area contributed by atoms with Crippen LogP contribution >= 0.6 is 0 Å². The standard InChI is InChI=1S/C15H18FN3O2S/c1-9(2)13-10(3)14(11-5-7-12(16)8-6-11)18-15(17-13)19(4)22(20)21/h5-9H,1-4H3,(H,20,21)/p-1. The Morgan fingerprint density at radius 3 is 2.32 bits per heavy atom. The van der Waals surface area contributed by atoms with Gasteiger partial charge in [-0.15, -0.1) is 0 Å². The van der Waals surface area contributed by atoms with Crippen LogP contribution < -0.4 is 4.31 Å². The zero-order valence-corrected chi connectivity index (χ0v) is 13.6. The highest BCUT2D eigenvalue weighted by molar-refractivity contribution is 7.80. The summed E-state index contributed by atoms with van der Waals surface area (Å²) in [5.74, 6) is -0.131. The second-order valence-corrected chi connectivity index (χ2v) is 6.24. The number of halogens is 1. The average Bonchev–Trinajstić information content (AvgIpc) is 2.47. The van der Waals surface area contributed by atoms with Gasteiger partial charge in [-0.05, 0) is 42.7 Å². The lowest BCUT2D eigenvalue weighted by atomic mass is 10.00. The Bertz CT molecular complexity index is 705. The molecule has 7 heteroatoms. The van der Waals surface area contributed by atoms with E-state index in [1.54, 1.807) is 12.1 Å². The van der Waals surface area contributed by atoms with E-state index in [-0.39, 0.29) is 17.7 Å². The van der Waals surface area contributed by atoms with Crippen molar-refractivity contribution in [3.05, 3.63) is 41.3 Å². The van der Waals surface area contributed by atoms with Crippen molar-refractivity contribution in [2.45, 2.75) is 26.7 Å². The Morgan fingerprint density at radius 1 is 1.23 bits per heavy atom. The van der Waals surface area contributed by atoms with Crippen molar-refractivity contribution in [2.24, 2.45) is 0 Å². The number of nitrogens with zero attached hydrogens (tertiary/aromatic N) is 3. The normalized spacial score (nSPS) is 12.5. The van der Waals surface area contributed by atoms with E-state index in [0.717, 1.165) is 21.1 Å². The van der Waals surface area contributed by atoms with Crippen molar-refractivity contribution in [3.63, 3.8) is 0 Å². The molecule has 1 aromatic carbocycles. The number of hydrogen-bond acceptors (Lipinski definition) is 4. The maximum Gasteiger partial charge on any atom is 0.237 e. The molecule has 1 aromatic heterocycles. The van der Waals surface area contributed by atoms with Crippen molar-refractivity contribution < 1.29 is 13.2 Å². The third-order valence-electron chi connectivity index (χ3n) is 3.34. The second kappa shape index (κ2) is 6.50. The molecule has 0 N–H and O–H groups in total. The molecular weight excluding hydrogens is 305 g/mol. The predicted molar refractivity (Wildman–Crippen MR) is 83.6 cm³/mol. The van der Waals surface area contributed by atoms with Crippen LogP contribution in [0.15, 0.2) is 24.3 Å². The van der Waals surface area contributed by atoms with Crippen molar-refractivity contribution in [2.75, 3.05) is 11.4 Å². The van der Waals surface area contributed by atoms with Gasteiger partial charge in [0.15, 0.2) is 0 Å². The summed E-state index contributed by atoms with van der Waals surface area (Å²) in [5, 5.41) is 0. The Balaban J connectivity index is 2.66. The first-order valence-corrected chi connectivity index (χ1v) is 7.82. The summed E-state index contributed by atoms with van der Waals surface area (Å²) in [6.45, 7) is 5.83. The van der Waals surface area contributed by atoms with Crippen LogP contribution in [0.5, 0.6) is 0 Å². The molecule has 1 unspecified atom stereocenters. The van der Waals surface area contributed by atoms with Crippen LogP contribution in [-0.2, 0) is 11.3 Å². The number of hydrogen-bond donors (Lipinski definition) is 0. The highest BCUT2D eigenvalue weighted by atomic mass is 32.2. The fourth-order valence-electron chi connectivity index (χ4n) is 2.18. The quantitative estimate of drug-likeness (QED) is 0.812. The Hall–Kier alpha value is -1.86. The highest BCUT2D eigenvalue weighted by Crippen LogP contribution is 2.29. The number of anilines is 1. The fraction of sp³-hybridized carbons (Fsp3) is 0.333. The van der Waals surface area contributed by atoms with Gasteiger partial charge in [-0.2, -0.15) is 0 Å². The molecule has 2 rings (SSSR count). The molecule has 1 heterocycles. The molecule has 0 saturated carbocycles. The van der Waals surface area contributed by atoms with Crippen LogP contribution in [0.1, 0.15) is 31.0 Å². The summed E-state index contributed by atoms with van der Waals surface area (Å²) in [6, 6.07) is 5.93. The summed E-state index contributed by atoms with van der Waals surface area (Å²) in [7, 11) is 1.38. The van der Waals surface area contributed by atoms with Gasteiger partial charge in [0.05, 0.1) is 11.4 Å². The molecule has 118 valence electrons. The first kappa shape index (κ1) is 16.5. The Morgan fingerprint density at radius 2 is 1.82 bits per heavy atom. The van der Waals surface area contributed by atoms with Crippen molar-refractivity contribution >= 4 is 17.2 Å². The lowest BCUT2D eigenvalue weighted by Crippen LogP contribution is -2.23. The largest absolute Gasteiger partial charge is 0.755 e. The average molecular weight is 322 g/mol. The maximum atomic E-state index is 13.1. The Labute approximate surface area is 131 Å². The minimum Gasteiger partial charge on any atom is -0.755 e. The van der Waals surface area contributed by atoms with Crippen LogP contribution in [0.25, 0.3) is 11.3 Å². The molecule has 2 aromatic rings. The third-order valence-corrected chi connectivity index (χ3v) is 3.95. The number of aromatic nitrogens is 2. The molecule has 0 saturated heterocycles. The molecule has 0 bridgehead atoms. The fourth-order valence-corrected chi connectivity index (χ4v) is 2.40. The predicted octanol–water partition coefficient (Wildman–Crippen LogP) is 2.94. The van der Waals surface area contributed by atoms with Crippen LogP contribution in [0.4, 0.5) is 10.3 Å². The van der Waals surface area contributed by atoms with E-state index < -0.39 is 11.3 Å². The minimum atomic E-state index is -2.46. The van der Waals surface area contributed by atoms with Gasteiger partial charge in [-0.3, -0.25) is 8.51 Å². The molecule has 0 aliphatic heterocycles. The van der Waals surface area contributed by atoms with Gasteiger partial charge >= 0.3 is 0 Å². The first-order chi connectivity index (χ1) is 10.3. The summed E-state index contributed by atoms with van der Waals surface area (Å²) >= 11 is -2.46. The van der Waals surface area contributed by atoms with E-state index in [9.17, 15) is 13.2 Å². The molecule has 5 nitrogen and oxygen atoms in total. The summed E-state index contributed by atoms with van der Waals surface area (Å²) in [4.78, 5) is 8.68. The molecule has 0 aliphatic carbocycles. The molecule has 0 radical (unpaired) electrons. The monoisotopic (exact) mass is 322 g/mol. The lowest BCUT2D eigenvalue weighted by Gasteiger charge is -2.22. The van der Waals surface area contributed by atoms with E-state index in [4.69, 9.17) is 0 Å². The van der Waals surface area contributed by atoms with Crippen molar-refractivity contribution in [1.29, 1.82) is 0 Å². The molecule has 0 aliphatic rings. The SMILES string of the molecule is Cc1c(-c2ccc(F)cc2)nc(N(C)S(=O)[O-])nc1C(C)C. The highest BCUT2D eigenvalue weighted by Gasteiger charge is 2.17. The maximum absolute atomic E-state index is 13.1. The van der Waals surface area contributed by atoms with E-state index in [2.05, 4.69) is 9.97 Å². The van der Waals surface area contributed by atoms with Gasteiger partial charge in [0, 0.05) is 23.9 Å². The molecule has 1 atom stereocenters. The second-order valence-electron chi connectivity index (χ2n) is 5.26. The number of rotatable bonds is 4. The van der Waals surface area contributed by atoms with Crippen LogP contribution in [0, 0.1) is 12.7 Å². The van der Waals surface area contributed by atoms with E-state index >= 15 is 0 Å². The zero-order valence-electron chi connectivity index (χ0n) is 12.8. The van der Waals surface area contributed by atoms with Gasteiger partial charge < -0.3 is 4.55 Å². The topological polar surface area (TPSA) is 69.2 Å². The molecule has 0 spiro atoms. The van der Waals surface area contributed by atoms with Gasteiger partial charge in [0.1, 0.15) is 5.82 Å². The van der Waals surface area contributed by atoms with Crippen LogP contribution in [-0.4, -0.2) is 25.8 Å². The molecular formula is C15H17FN3O2S-. The van der Waals surface area contributed by atoms with Gasteiger partial charge in [-0.25, -0.2) is 14.4 Å².